The maximum Gasteiger partial charge on any atom is 1.00 e. The van der Waals surface area contributed by atoms with Crippen LogP contribution in [0.25, 0.3) is 0 Å². The van der Waals surface area contributed by atoms with E-state index in [0.717, 1.165) is 0 Å². The Morgan fingerprint density at radius 1 is 1.43 bits per heavy atom. The van der Waals surface area contributed by atoms with Gasteiger partial charge < -0.3 is 1.43 Å². The number of rotatable bonds is 3. The molecule has 0 radical (unpaired) electrons. The van der Waals surface area contributed by atoms with Crippen LogP contribution in [0.2, 0.25) is 5.02 Å². The van der Waals surface area contributed by atoms with Gasteiger partial charge in [0.05, 0.1) is 10.8 Å². The molecule has 0 saturated heterocycles. The number of halogens is 1. The summed E-state index contributed by atoms with van der Waals surface area (Å²) in [5.74, 6) is -0.0451. The summed E-state index contributed by atoms with van der Waals surface area (Å²) in [4.78, 5) is 7.53. The first-order chi connectivity index (χ1) is 5.97. The van der Waals surface area contributed by atoms with Gasteiger partial charge in [0.1, 0.15) is 5.82 Å². The average Bonchev–Trinajstić information content (AvgIpc) is 2.02. The summed E-state index contributed by atoms with van der Waals surface area (Å²) in [6.45, 7) is 0. The molecule has 0 saturated carbocycles. The number of hydrogen-bond acceptors (Lipinski definition) is 4. The molecule has 14 heavy (non-hydrogen) atoms. The van der Waals surface area contributed by atoms with E-state index in [2.05, 4.69) is 9.97 Å². The summed E-state index contributed by atoms with van der Waals surface area (Å²) in [6.07, 6.45) is 2.82. The van der Waals surface area contributed by atoms with Crippen LogP contribution in [-0.4, -0.2) is 28.7 Å². The number of aryl methyl sites for hydroxylation is 1. The van der Waals surface area contributed by atoms with Crippen LogP contribution >= 0.6 is 11.6 Å². The molecule has 5 nitrogen and oxygen atoms in total. The first-order valence-electron chi connectivity index (χ1n) is 3.39. The van der Waals surface area contributed by atoms with Gasteiger partial charge in [-0.15, -0.1) is 0 Å². The van der Waals surface area contributed by atoms with Crippen LogP contribution < -0.4 is 29.6 Å². The molecule has 0 aliphatic rings. The Morgan fingerprint density at radius 3 is 2.36 bits per heavy atom. The third-order valence-corrected chi connectivity index (χ3v) is 2.17. The van der Waals surface area contributed by atoms with Crippen molar-refractivity contribution in [2.45, 2.75) is 6.42 Å². The molecule has 0 aromatic carbocycles. The maximum absolute atomic E-state index is 10.3. The quantitative estimate of drug-likeness (QED) is 0.478. The molecule has 0 fully saturated rings. The van der Waals surface area contributed by atoms with E-state index in [0.29, 0.717) is 10.8 Å². The maximum atomic E-state index is 10.3. The number of nitrogens with zero attached hydrogens (tertiary/aromatic N) is 2. The Labute approximate surface area is 110 Å². The molecule has 1 aromatic heterocycles. The van der Waals surface area contributed by atoms with Crippen LogP contribution in [0.4, 0.5) is 0 Å². The SMILES string of the molecule is O=S(=O)(O)CCc1ncc(Cl)cn1.[H-].[Na+]. The van der Waals surface area contributed by atoms with Crippen LogP contribution in [0.1, 0.15) is 7.25 Å². The van der Waals surface area contributed by atoms with Gasteiger partial charge in [-0.1, -0.05) is 11.6 Å². The molecule has 0 bridgehead atoms. The second kappa shape index (κ2) is 5.99. The van der Waals surface area contributed by atoms with E-state index in [1.807, 2.05) is 0 Å². The number of aromatic nitrogens is 2. The van der Waals surface area contributed by atoms with Crippen LogP contribution in [0.3, 0.4) is 0 Å². The minimum atomic E-state index is -3.95. The molecule has 0 amide bonds. The summed E-state index contributed by atoms with van der Waals surface area (Å²) in [5.41, 5.74) is 0. The van der Waals surface area contributed by atoms with Crippen molar-refractivity contribution < 1.29 is 44.0 Å². The molecular weight excluding hydrogens is 239 g/mol. The molecule has 1 aromatic rings. The van der Waals surface area contributed by atoms with Gasteiger partial charge in [-0.3, -0.25) is 4.55 Å². The molecule has 0 atom stereocenters. The number of hydrogen-bond donors (Lipinski definition) is 1. The molecule has 0 unspecified atom stereocenters. The Hall–Kier alpha value is 0.280. The largest absolute Gasteiger partial charge is 1.00 e. The predicted octanol–water partition coefficient (Wildman–Crippen LogP) is -2.32. The van der Waals surface area contributed by atoms with Crippen LogP contribution in [-0.2, 0) is 16.5 Å². The summed E-state index contributed by atoms with van der Waals surface area (Å²) < 4.78 is 29.1. The topological polar surface area (TPSA) is 80.2 Å². The fourth-order valence-electron chi connectivity index (χ4n) is 0.688. The van der Waals surface area contributed by atoms with Crippen molar-refractivity contribution >= 4 is 21.7 Å². The molecule has 8 heteroatoms. The second-order valence-corrected chi connectivity index (χ2v) is 4.36. The van der Waals surface area contributed by atoms with Gasteiger partial charge in [-0.05, 0) is 0 Å². The van der Waals surface area contributed by atoms with Crippen molar-refractivity contribution in [3.05, 3.63) is 23.2 Å². The monoisotopic (exact) mass is 246 g/mol. The van der Waals surface area contributed by atoms with Gasteiger partial charge in [0.2, 0.25) is 0 Å². The average molecular weight is 247 g/mol. The molecular formula is C6H8ClN2NaO3S. The normalized spacial score (nSPS) is 10.7. The molecule has 1 N–H and O–H groups in total. The van der Waals surface area contributed by atoms with Gasteiger partial charge in [0.25, 0.3) is 10.1 Å². The van der Waals surface area contributed by atoms with Gasteiger partial charge in [0.15, 0.2) is 0 Å². The Balaban J connectivity index is 0. The van der Waals surface area contributed by atoms with E-state index >= 15 is 0 Å². The fraction of sp³-hybridized carbons (Fsp3) is 0.333. The van der Waals surface area contributed by atoms with Gasteiger partial charge in [0, 0.05) is 18.8 Å². The van der Waals surface area contributed by atoms with E-state index < -0.39 is 10.1 Å². The van der Waals surface area contributed by atoms with Crippen LogP contribution in [0, 0.1) is 0 Å². The zero-order valence-electron chi connectivity index (χ0n) is 8.51. The fourth-order valence-corrected chi connectivity index (χ4v) is 1.23. The first kappa shape index (κ1) is 14.3. The van der Waals surface area contributed by atoms with Crippen molar-refractivity contribution in [2.24, 2.45) is 0 Å². The molecule has 0 spiro atoms. The van der Waals surface area contributed by atoms with E-state index in [1.165, 1.54) is 12.4 Å². The third kappa shape index (κ3) is 5.90. The van der Waals surface area contributed by atoms with Crippen molar-refractivity contribution in [1.29, 1.82) is 0 Å². The zero-order valence-corrected chi connectivity index (χ0v) is 11.1. The first-order valence-corrected chi connectivity index (χ1v) is 5.38. The van der Waals surface area contributed by atoms with Gasteiger partial charge in [-0.25, -0.2) is 9.97 Å². The van der Waals surface area contributed by atoms with Gasteiger partial charge in [-0.2, -0.15) is 8.42 Å². The van der Waals surface area contributed by atoms with E-state index in [9.17, 15) is 8.42 Å². The van der Waals surface area contributed by atoms with Gasteiger partial charge >= 0.3 is 29.6 Å². The standard InChI is InChI=1S/C6H7ClN2O3S.Na.H/c7-5-3-8-6(9-4-5)1-2-13(10,11)12;;/h3-4H,1-2H2,(H,10,11,12);;/q;+1;-1. The summed E-state index contributed by atoms with van der Waals surface area (Å²) in [6, 6.07) is 0. The molecule has 0 aliphatic heterocycles. The minimum absolute atomic E-state index is 0. The van der Waals surface area contributed by atoms with E-state index in [4.69, 9.17) is 16.2 Å². The van der Waals surface area contributed by atoms with E-state index in [-0.39, 0.29) is 43.2 Å². The molecule has 0 aliphatic carbocycles. The Bertz CT molecular complexity index is 386. The smallest absolute Gasteiger partial charge is 1.00 e. The summed E-state index contributed by atoms with van der Waals surface area (Å²) in [5, 5.41) is 0.385. The van der Waals surface area contributed by atoms with E-state index in [1.54, 1.807) is 0 Å². The van der Waals surface area contributed by atoms with Crippen molar-refractivity contribution in [1.82, 2.24) is 9.97 Å². The summed E-state index contributed by atoms with van der Waals surface area (Å²) in [7, 11) is -3.95. The minimum Gasteiger partial charge on any atom is -1.00 e. The Morgan fingerprint density at radius 2 is 1.93 bits per heavy atom. The van der Waals surface area contributed by atoms with Crippen LogP contribution in [0.5, 0.6) is 0 Å². The third-order valence-electron chi connectivity index (χ3n) is 1.26. The van der Waals surface area contributed by atoms with Crippen molar-refractivity contribution in [3.8, 4) is 0 Å². The second-order valence-electron chi connectivity index (χ2n) is 2.35. The predicted molar refractivity (Wildman–Crippen MR) is 48.3 cm³/mol. The van der Waals surface area contributed by atoms with Crippen molar-refractivity contribution in [2.75, 3.05) is 5.75 Å². The van der Waals surface area contributed by atoms with Crippen LogP contribution in [0.15, 0.2) is 12.4 Å². The molecule has 1 heterocycles. The zero-order chi connectivity index (χ0) is 9.90. The molecule has 74 valence electrons. The van der Waals surface area contributed by atoms with Crippen molar-refractivity contribution in [3.63, 3.8) is 0 Å². The molecule has 1 rings (SSSR count). The summed E-state index contributed by atoms with van der Waals surface area (Å²) >= 11 is 5.51. The Kier molecular flexibility index (Phi) is 6.11.